The Labute approximate surface area is 93.2 Å². The topological polar surface area (TPSA) is 65.4 Å². The molecule has 0 amide bonds. The Morgan fingerprint density at radius 1 is 1.56 bits per heavy atom. The maximum atomic E-state index is 5.78. The van der Waals surface area contributed by atoms with Crippen LogP contribution in [0, 0.1) is 0 Å². The molecule has 1 fully saturated rings. The van der Waals surface area contributed by atoms with E-state index >= 15 is 0 Å². The average molecular weight is 218 g/mol. The van der Waals surface area contributed by atoms with E-state index in [0.717, 1.165) is 36.4 Å². The Balaban J connectivity index is 2.15. The summed E-state index contributed by atoms with van der Waals surface area (Å²) in [5, 5.41) is 4.51. The number of nitrogens with zero attached hydrogens (tertiary/aromatic N) is 3. The number of hydrogen-bond donors (Lipinski definition) is 1. The molecule has 0 aromatic carbocycles. The highest BCUT2D eigenvalue weighted by Crippen LogP contribution is 2.30. The zero-order valence-electron chi connectivity index (χ0n) is 8.97. The minimum atomic E-state index is 0.0975. The van der Waals surface area contributed by atoms with Crippen LogP contribution in [0.5, 0.6) is 0 Å². The number of hydrogen-bond acceptors (Lipinski definition) is 4. The van der Waals surface area contributed by atoms with Gasteiger partial charge in [-0.05, 0) is 18.9 Å². The molecule has 1 aliphatic heterocycles. The molecule has 1 aliphatic rings. The van der Waals surface area contributed by atoms with Crippen LogP contribution < -0.4 is 5.73 Å². The fourth-order valence-electron chi connectivity index (χ4n) is 2.20. The Kier molecular flexibility index (Phi) is 2.34. The SMILES string of the molecule is NCc1c(C2CCCO2)nn2cccnc12. The summed E-state index contributed by atoms with van der Waals surface area (Å²) in [5.41, 5.74) is 8.59. The van der Waals surface area contributed by atoms with E-state index in [9.17, 15) is 0 Å². The number of nitrogens with two attached hydrogens (primary N) is 1. The summed E-state index contributed by atoms with van der Waals surface area (Å²) in [6.07, 6.45) is 5.86. The molecule has 0 aliphatic carbocycles. The molecule has 3 rings (SSSR count). The lowest BCUT2D eigenvalue weighted by Crippen LogP contribution is -2.04. The molecule has 0 bridgehead atoms. The lowest BCUT2D eigenvalue weighted by molar-refractivity contribution is 0.108. The summed E-state index contributed by atoms with van der Waals surface area (Å²) in [4.78, 5) is 4.31. The third-order valence-electron chi connectivity index (χ3n) is 2.96. The molecule has 84 valence electrons. The quantitative estimate of drug-likeness (QED) is 0.818. The van der Waals surface area contributed by atoms with Gasteiger partial charge in [0.1, 0.15) is 6.10 Å². The van der Waals surface area contributed by atoms with Crippen molar-refractivity contribution in [1.29, 1.82) is 0 Å². The molecule has 0 saturated carbocycles. The predicted molar refractivity (Wildman–Crippen MR) is 58.8 cm³/mol. The zero-order chi connectivity index (χ0) is 11.0. The van der Waals surface area contributed by atoms with Crippen molar-refractivity contribution in [3.8, 4) is 0 Å². The fraction of sp³-hybridized carbons (Fsp3) is 0.455. The number of rotatable bonds is 2. The molecule has 2 aromatic heterocycles. The summed E-state index contributed by atoms with van der Waals surface area (Å²) < 4.78 is 7.43. The second-order valence-corrected chi connectivity index (χ2v) is 3.96. The van der Waals surface area contributed by atoms with E-state index in [1.54, 1.807) is 10.7 Å². The maximum absolute atomic E-state index is 5.78. The highest BCUT2D eigenvalue weighted by Gasteiger charge is 2.25. The van der Waals surface area contributed by atoms with Crippen molar-refractivity contribution >= 4 is 5.65 Å². The normalized spacial score (nSPS) is 20.7. The van der Waals surface area contributed by atoms with Gasteiger partial charge in [0.05, 0.1) is 5.69 Å². The Bertz CT molecular complexity index is 502. The summed E-state index contributed by atoms with van der Waals surface area (Å²) in [6.45, 7) is 1.27. The minimum absolute atomic E-state index is 0.0975. The van der Waals surface area contributed by atoms with Crippen molar-refractivity contribution in [3.63, 3.8) is 0 Å². The van der Waals surface area contributed by atoms with Gasteiger partial charge < -0.3 is 10.5 Å². The van der Waals surface area contributed by atoms with E-state index in [2.05, 4.69) is 10.1 Å². The maximum Gasteiger partial charge on any atom is 0.159 e. The molecule has 5 heteroatoms. The highest BCUT2D eigenvalue weighted by atomic mass is 16.5. The van der Waals surface area contributed by atoms with Gasteiger partial charge in [-0.2, -0.15) is 5.10 Å². The molecule has 0 radical (unpaired) electrons. The summed E-state index contributed by atoms with van der Waals surface area (Å²) in [5.74, 6) is 0. The van der Waals surface area contributed by atoms with E-state index in [1.807, 2.05) is 12.3 Å². The van der Waals surface area contributed by atoms with E-state index in [4.69, 9.17) is 10.5 Å². The van der Waals surface area contributed by atoms with Crippen molar-refractivity contribution in [2.45, 2.75) is 25.5 Å². The molecular weight excluding hydrogens is 204 g/mol. The molecule has 1 saturated heterocycles. The lowest BCUT2D eigenvalue weighted by Gasteiger charge is -2.06. The molecule has 3 heterocycles. The van der Waals surface area contributed by atoms with Crippen molar-refractivity contribution < 1.29 is 4.74 Å². The van der Waals surface area contributed by atoms with Crippen LogP contribution in [0.15, 0.2) is 18.5 Å². The number of aromatic nitrogens is 3. The first-order valence-corrected chi connectivity index (χ1v) is 5.54. The van der Waals surface area contributed by atoms with Crippen LogP contribution in [0.2, 0.25) is 0 Å². The first-order valence-electron chi connectivity index (χ1n) is 5.54. The Morgan fingerprint density at radius 3 is 3.25 bits per heavy atom. The third kappa shape index (κ3) is 1.40. The van der Waals surface area contributed by atoms with Gasteiger partial charge in [-0.25, -0.2) is 9.50 Å². The second-order valence-electron chi connectivity index (χ2n) is 3.96. The molecular formula is C11H14N4O. The lowest BCUT2D eigenvalue weighted by atomic mass is 10.1. The molecule has 16 heavy (non-hydrogen) atoms. The number of ether oxygens (including phenoxy) is 1. The average Bonchev–Trinajstić information content (AvgIpc) is 2.95. The van der Waals surface area contributed by atoms with Gasteiger partial charge in [-0.15, -0.1) is 0 Å². The first kappa shape index (κ1) is 9.74. The van der Waals surface area contributed by atoms with Crippen molar-refractivity contribution in [2.75, 3.05) is 6.61 Å². The summed E-state index contributed by atoms with van der Waals surface area (Å²) in [6, 6.07) is 1.86. The van der Waals surface area contributed by atoms with Crippen LogP contribution in [-0.2, 0) is 11.3 Å². The van der Waals surface area contributed by atoms with Gasteiger partial charge in [-0.3, -0.25) is 0 Å². The van der Waals surface area contributed by atoms with Crippen LogP contribution in [-0.4, -0.2) is 21.2 Å². The predicted octanol–water partition coefficient (Wildman–Crippen LogP) is 1.04. The van der Waals surface area contributed by atoms with Crippen LogP contribution in [0.25, 0.3) is 5.65 Å². The van der Waals surface area contributed by atoms with Crippen molar-refractivity contribution in [2.24, 2.45) is 5.73 Å². The second kappa shape index (κ2) is 3.84. The van der Waals surface area contributed by atoms with Crippen LogP contribution in [0.3, 0.4) is 0 Å². The molecule has 2 N–H and O–H groups in total. The van der Waals surface area contributed by atoms with E-state index in [0.29, 0.717) is 6.54 Å². The van der Waals surface area contributed by atoms with Gasteiger partial charge in [-0.1, -0.05) is 0 Å². The number of fused-ring (bicyclic) bond motifs is 1. The largest absolute Gasteiger partial charge is 0.372 e. The van der Waals surface area contributed by atoms with Gasteiger partial charge >= 0.3 is 0 Å². The molecule has 1 atom stereocenters. The molecule has 5 nitrogen and oxygen atoms in total. The Hall–Kier alpha value is -1.46. The zero-order valence-corrected chi connectivity index (χ0v) is 8.97. The monoisotopic (exact) mass is 218 g/mol. The van der Waals surface area contributed by atoms with Crippen LogP contribution in [0.4, 0.5) is 0 Å². The van der Waals surface area contributed by atoms with Gasteiger partial charge in [0.15, 0.2) is 5.65 Å². The standard InChI is InChI=1S/C11H14N4O/c12-7-8-10(9-3-1-6-16-9)14-15-5-2-4-13-11(8)15/h2,4-5,9H,1,3,6-7,12H2. The van der Waals surface area contributed by atoms with E-state index < -0.39 is 0 Å². The molecule has 0 spiro atoms. The molecule has 1 unspecified atom stereocenters. The van der Waals surface area contributed by atoms with E-state index in [1.165, 1.54) is 0 Å². The highest BCUT2D eigenvalue weighted by molar-refractivity contribution is 5.50. The smallest absolute Gasteiger partial charge is 0.159 e. The summed E-state index contributed by atoms with van der Waals surface area (Å²) >= 11 is 0. The van der Waals surface area contributed by atoms with Gasteiger partial charge in [0, 0.05) is 31.1 Å². The van der Waals surface area contributed by atoms with Crippen molar-refractivity contribution in [3.05, 3.63) is 29.7 Å². The van der Waals surface area contributed by atoms with Crippen LogP contribution in [0.1, 0.15) is 30.2 Å². The first-order chi connectivity index (χ1) is 7.90. The van der Waals surface area contributed by atoms with Crippen LogP contribution >= 0.6 is 0 Å². The van der Waals surface area contributed by atoms with Gasteiger partial charge in [0.25, 0.3) is 0 Å². The molecule has 2 aromatic rings. The minimum Gasteiger partial charge on any atom is -0.372 e. The van der Waals surface area contributed by atoms with E-state index in [-0.39, 0.29) is 6.10 Å². The summed E-state index contributed by atoms with van der Waals surface area (Å²) in [7, 11) is 0. The third-order valence-corrected chi connectivity index (χ3v) is 2.96. The fourth-order valence-corrected chi connectivity index (χ4v) is 2.20. The van der Waals surface area contributed by atoms with Gasteiger partial charge in [0.2, 0.25) is 0 Å². The van der Waals surface area contributed by atoms with Crippen molar-refractivity contribution in [1.82, 2.24) is 14.6 Å². The Morgan fingerprint density at radius 2 is 2.50 bits per heavy atom.